The van der Waals surface area contributed by atoms with Crippen molar-refractivity contribution in [2.75, 3.05) is 0 Å². The lowest BCUT2D eigenvalue weighted by atomic mass is 10.0. The third-order valence-electron chi connectivity index (χ3n) is 4.77. The lowest BCUT2D eigenvalue weighted by molar-refractivity contribution is -0.121. The zero-order chi connectivity index (χ0) is 13.5. The van der Waals surface area contributed by atoms with Gasteiger partial charge in [0.1, 0.15) is 5.78 Å². The van der Waals surface area contributed by atoms with Crippen molar-refractivity contribution >= 4 is 5.78 Å². The van der Waals surface area contributed by atoms with Crippen LogP contribution in [0.2, 0.25) is 0 Å². The highest BCUT2D eigenvalue weighted by atomic mass is 16.1. The molecule has 0 aliphatic heterocycles. The molecule has 2 saturated carbocycles. The summed E-state index contributed by atoms with van der Waals surface area (Å²) in [6, 6.07) is 21.0. The molecule has 2 aliphatic carbocycles. The van der Waals surface area contributed by atoms with Crippen LogP contribution in [0.1, 0.15) is 35.8 Å². The van der Waals surface area contributed by atoms with Gasteiger partial charge in [0.25, 0.3) is 0 Å². The van der Waals surface area contributed by atoms with Crippen molar-refractivity contribution in [2.45, 2.75) is 24.7 Å². The number of ketones is 1. The monoisotopic (exact) mass is 262 g/mol. The maximum atomic E-state index is 12.5. The molecule has 0 spiro atoms. The van der Waals surface area contributed by atoms with Crippen molar-refractivity contribution < 1.29 is 4.79 Å². The molecule has 2 aromatic rings. The molecule has 2 aromatic carbocycles. The van der Waals surface area contributed by atoms with Crippen LogP contribution in [0.15, 0.2) is 60.7 Å². The Hall–Kier alpha value is -1.89. The maximum absolute atomic E-state index is 12.5. The van der Waals surface area contributed by atoms with Crippen LogP contribution >= 0.6 is 0 Å². The van der Waals surface area contributed by atoms with E-state index in [1.54, 1.807) is 0 Å². The van der Waals surface area contributed by atoms with Crippen molar-refractivity contribution in [1.29, 1.82) is 0 Å². The van der Waals surface area contributed by atoms with Crippen LogP contribution < -0.4 is 0 Å². The first-order chi connectivity index (χ1) is 9.84. The molecule has 2 aliphatic rings. The molecule has 4 atom stereocenters. The van der Waals surface area contributed by atoms with Gasteiger partial charge in [0.15, 0.2) is 0 Å². The normalized spacial score (nSPS) is 30.8. The zero-order valence-electron chi connectivity index (χ0n) is 11.4. The predicted octanol–water partition coefficient (Wildman–Crippen LogP) is 4.16. The van der Waals surface area contributed by atoms with Crippen LogP contribution in [0.3, 0.4) is 0 Å². The molecule has 0 amide bonds. The SMILES string of the molecule is O=C(C1CC1c1ccccc1)C1CC1c1ccccc1. The lowest BCUT2D eigenvalue weighted by Gasteiger charge is -2.01. The fourth-order valence-electron chi connectivity index (χ4n) is 3.43. The van der Waals surface area contributed by atoms with Crippen molar-refractivity contribution in [1.82, 2.24) is 0 Å². The Bertz CT molecular complexity index is 561. The minimum Gasteiger partial charge on any atom is -0.299 e. The van der Waals surface area contributed by atoms with Crippen LogP contribution in [0.4, 0.5) is 0 Å². The van der Waals surface area contributed by atoms with Gasteiger partial charge < -0.3 is 0 Å². The van der Waals surface area contributed by atoms with Crippen LogP contribution in [0.25, 0.3) is 0 Å². The molecule has 0 heterocycles. The van der Waals surface area contributed by atoms with E-state index in [2.05, 4.69) is 48.5 Å². The van der Waals surface area contributed by atoms with Crippen molar-refractivity contribution in [3.05, 3.63) is 71.8 Å². The summed E-state index contributed by atoms with van der Waals surface area (Å²) in [5, 5.41) is 0. The highest BCUT2D eigenvalue weighted by molar-refractivity contribution is 5.90. The van der Waals surface area contributed by atoms with E-state index in [1.807, 2.05) is 12.1 Å². The third-order valence-corrected chi connectivity index (χ3v) is 4.77. The van der Waals surface area contributed by atoms with Gasteiger partial charge in [-0.1, -0.05) is 60.7 Å². The summed E-state index contributed by atoms with van der Waals surface area (Å²) < 4.78 is 0. The number of carbonyl (C=O) groups is 1. The van der Waals surface area contributed by atoms with Crippen LogP contribution in [0, 0.1) is 11.8 Å². The molecule has 0 N–H and O–H groups in total. The molecule has 4 unspecified atom stereocenters. The van der Waals surface area contributed by atoms with E-state index in [0.29, 0.717) is 17.6 Å². The van der Waals surface area contributed by atoms with Gasteiger partial charge in [-0.2, -0.15) is 0 Å². The van der Waals surface area contributed by atoms with Gasteiger partial charge in [-0.15, -0.1) is 0 Å². The Morgan fingerprint density at radius 1 is 0.700 bits per heavy atom. The van der Waals surface area contributed by atoms with Gasteiger partial charge in [0, 0.05) is 11.8 Å². The molecule has 1 heteroatoms. The third kappa shape index (κ3) is 2.07. The van der Waals surface area contributed by atoms with E-state index >= 15 is 0 Å². The number of Topliss-reactive ketones (excluding diaryl/α,β-unsaturated/α-hetero) is 1. The first-order valence-corrected chi connectivity index (χ1v) is 7.48. The molecule has 0 radical (unpaired) electrons. The topological polar surface area (TPSA) is 17.1 Å². The van der Waals surface area contributed by atoms with E-state index in [9.17, 15) is 4.79 Å². The van der Waals surface area contributed by atoms with Gasteiger partial charge in [-0.25, -0.2) is 0 Å². The van der Waals surface area contributed by atoms with E-state index < -0.39 is 0 Å². The number of carbonyl (C=O) groups excluding carboxylic acids is 1. The Morgan fingerprint density at radius 3 is 1.50 bits per heavy atom. The van der Waals surface area contributed by atoms with Crippen LogP contribution in [0.5, 0.6) is 0 Å². The second-order valence-electron chi connectivity index (χ2n) is 6.12. The molecule has 4 rings (SSSR count). The lowest BCUT2D eigenvalue weighted by Crippen LogP contribution is -2.06. The van der Waals surface area contributed by atoms with Crippen LogP contribution in [-0.2, 0) is 4.79 Å². The molecule has 0 saturated heterocycles. The second-order valence-corrected chi connectivity index (χ2v) is 6.12. The minimum atomic E-state index is 0.288. The van der Waals surface area contributed by atoms with E-state index in [0.717, 1.165) is 12.8 Å². The summed E-state index contributed by atoms with van der Waals surface area (Å²) in [7, 11) is 0. The number of rotatable bonds is 4. The van der Waals surface area contributed by atoms with Crippen molar-refractivity contribution in [3.63, 3.8) is 0 Å². The zero-order valence-corrected chi connectivity index (χ0v) is 11.4. The van der Waals surface area contributed by atoms with Gasteiger partial charge >= 0.3 is 0 Å². The first kappa shape index (κ1) is 11.9. The van der Waals surface area contributed by atoms with Crippen molar-refractivity contribution in [2.24, 2.45) is 11.8 Å². The molecular weight excluding hydrogens is 244 g/mol. The highest BCUT2D eigenvalue weighted by Crippen LogP contribution is 2.56. The van der Waals surface area contributed by atoms with Gasteiger partial charge in [-0.3, -0.25) is 4.79 Å². The van der Waals surface area contributed by atoms with Gasteiger partial charge in [0.05, 0.1) is 0 Å². The fraction of sp³-hybridized carbons (Fsp3) is 0.316. The standard InChI is InChI=1S/C19H18O/c20-19(17-11-15(17)13-7-3-1-4-8-13)18-12-16(18)14-9-5-2-6-10-14/h1-10,15-18H,11-12H2. The maximum Gasteiger partial charge on any atom is 0.140 e. The van der Waals surface area contributed by atoms with Crippen LogP contribution in [-0.4, -0.2) is 5.78 Å². The molecule has 20 heavy (non-hydrogen) atoms. The number of hydrogen-bond acceptors (Lipinski definition) is 1. The smallest absolute Gasteiger partial charge is 0.140 e. The van der Waals surface area contributed by atoms with E-state index in [1.165, 1.54) is 11.1 Å². The highest BCUT2D eigenvalue weighted by Gasteiger charge is 2.53. The Balaban J connectivity index is 1.42. The molecule has 2 fully saturated rings. The molecule has 0 aromatic heterocycles. The van der Waals surface area contributed by atoms with E-state index in [-0.39, 0.29) is 11.8 Å². The first-order valence-electron chi connectivity index (χ1n) is 7.48. The minimum absolute atomic E-state index is 0.288. The number of hydrogen-bond donors (Lipinski definition) is 0. The Labute approximate surface area is 119 Å². The van der Waals surface area contributed by atoms with Crippen molar-refractivity contribution in [3.8, 4) is 0 Å². The van der Waals surface area contributed by atoms with Gasteiger partial charge in [0.2, 0.25) is 0 Å². The van der Waals surface area contributed by atoms with E-state index in [4.69, 9.17) is 0 Å². The average molecular weight is 262 g/mol. The second kappa shape index (κ2) is 4.59. The summed E-state index contributed by atoms with van der Waals surface area (Å²) in [5.41, 5.74) is 2.67. The summed E-state index contributed by atoms with van der Waals surface area (Å²) >= 11 is 0. The molecule has 1 nitrogen and oxygen atoms in total. The average Bonchev–Trinajstić information content (AvgIpc) is 3.40. The summed E-state index contributed by atoms with van der Waals surface area (Å²) in [4.78, 5) is 12.5. The Kier molecular flexibility index (Phi) is 2.73. The molecular formula is C19H18O. The summed E-state index contributed by atoms with van der Waals surface area (Å²) in [6.45, 7) is 0. The summed E-state index contributed by atoms with van der Waals surface area (Å²) in [5.74, 6) is 2.06. The fourth-order valence-corrected chi connectivity index (χ4v) is 3.43. The largest absolute Gasteiger partial charge is 0.299 e. The predicted molar refractivity (Wildman–Crippen MR) is 79.6 cm³/mol. The number of benzene rings is 2. The molecule has 0 bridgehead atoms. The molecule has 100 valence electrons. The summed E-state index contributed by atoms with van der Waals surface area (Å²) in [6.07, 6.45) is 2.11. The Morgan fingerprint density at radius 2 is 1.10 bits per heavy atom. The quantitative estimate of drug-likeness (QED) is 0.808. The van der Waals surface area contributed by atoms with Gasteiger partial charge in [-0.05, 0) is 35.8 Å².